The Balaban J connectivity index is 2.07. The smallest absolute Gasteiger partial charge is 0.225 e. The van der Waals surface area contributed by atoms with Gasteiger partial charge in [0.1, 0.15) is 5.82 Å². The number of nitrogens with zero attached hydrogens (tertiary/aromatic N) is 4. The first kappa shape index (κ1) is 17.0. The Morgan fingerprint density at radius 1 is 1.45 bits per heavy atom. The monoisotopic (exact) mass is 308 g/mol. The molecule has 6 heteroatoms. The van der Waals surface area contributed by atoms with Crippen LogP contribution >= 0.6 is 0 Å². The Labute approximate surface area is 132 Å². The molecule has 2 heterocycles. The molecular weight excluding hydrogens is 280 g/mol. The summed E-state index contributed by atoms with van der Waals surface area (Å²) in [5.74, 6) is 1.13. The van der Waals surface area contributed by atoms with E-state index in [1.165, 1.54) is 0 Å². The molecule has 1 saturated heterocycles. The van der Waals surface area contributed by atoms with Crippen LogP contribution < -0.4 is 0 Å². The summed E-state index contributed by atoms with van der Waals surface area (Å²) in [7, 11) is 1.99. The predicted octanol–water partition coefficient (Wildman–Crippen LogP) is 1.03. The van der Waals surface area contributed by atoms with Crippen LogP contribution in [0.15, 0.2) is 12.4 Å². The van der Waals surface area contributed by atoms with Gasteiger partial charge in [0.15, 0.2) is 0 Å². The third-order valence-electron chi connectivity index (χ3n) is 4.56. The molecule has 1 aromatic heterocycles. The molecule has 124 valence electrons. The van der Waals surface area contributed by atoms with Crippen LogP contribution in [0.25, 0.3) is 0 Å². The third kappa shape index (κ3) is 3.67. The van der Waals surface area contributed by atoms with E-state index in [4.69, 9.17) is 0 Å². The first-order valence-electron chi connectivity index (χ1n) is 8.11. The summed E-state index contributed by atoms with van der Waals surface area (Å²) in [6.07, 6.45) is 3.37. The number of aromatic nitrogens is 2. The van der Waals surface area contributed by atoms with Crippen LogP contribution in [0.4, 0.5) is 0 Å². The number of imidazole rings is 1. The summed E-state index contributed by atoms with van der Waals surface area (Å²) in [6, 6.07) is 0.124. The summed E-state index contributed by atoms with van der Waals surface area (Å²) >= 11 is 0. The van der Waals surface area contributed by atoms with Crippen molar-refractivity contribution in [1.82, 2.24) is 19.4 Å². The van der Waals surface area contributed by atoms with Crippen LogP contribution in [-0.2, 0) is 11.8 Å². The van der Waals surface area contributed by atoms with Gasteiger partial charge in [-0.2, -0.15) is 0 Å². The fraction of sp³-hybridized carbons (Fsp3) is 0.750. The highest BCUT2D eigenvalue weighted by atomic mass is 16.3. The zero-order chi connectivity index (χ0) is 16.3. The van der Waals surface area contributed by atoms with E-state index < -0.39 is 6.10 Å². The highest BCUT2D eigenvalue weighted by Gasteiger charge is 2.32. The van der Waals surface area contributed by atoms with Crippen molar-refractivity contribution in [2.24, 2.45) is 13.0 Å². The van der Waals surface area contributed by atoms with Crippen LogP contribution in [0.2, 0.25) is 0 Å². The van der Waals surface area contributed by atoms with Crippen molar-refractivity contribution in [3.63, 3.8) is 0 Å². The average molecular weight is 308 g/mol. The minimum Gasteiger partial charge on any atom is -0.392 e. The molecule has 1 fully saturated rings. The van der Waals surface area contributed by atoms with Gasteiger partial charge in [-0.05, 0) is 12.5 Å². The lowest BCUT2D eigenvalue weighted by Crippen LogP contribution is -2.51. The number of aryl methyl sites for hydroxylation is 1. The minimum atomic E-state index is -0.566. The molecule has 0 bridgehead atoms. The third-order valence-corrected chi connectivity index (χ3v) is 4.56. The number of hydrogen-bond acceptors (Lipinski definition) is 4. The highest BCUT2D eigenvalue weighted by Crippen LogP contribution is 2.24. The molecule has 1 aromatic rings. The fourth-order valence-electron chi connectivity index (χ4n) is 2.91. The number of piperazine rings is 1. The number of carbonyl (C=O) groups is 1. The normalized spacial score (nSPS) is 21.4. The molecule has 0 spiro atoms. The van der Waals surface area contributed by atoms with Gasteiger partial charge in [0.05, 0.1) is 18.6 Å². The molecule has 6 nitrogen and oxygen atoms in total. The van der Waals surface area contributed by atoms with E-state index in [0.717, 1.165) is 25.5 Å². The van der Waals surface area contributed by atoms with Gasteiger partial charge in [0, 0.05) is 39.1 Å². The highest BCUT2D eigenvalue weighted by molar-refractivity contribution is 5.76. The lowest BCUT2D eigenvalue weighted by Gasteiger charge is -2.40. The van der Waals surface area contributed by atoms with Gasteiger partial charge in [0.2, 0.25) is 5.91 Å². The van der Waals surface area contributed by atoms with E-state index in [2.05, 4.69) is 16.8 Å². The molecule has 0 aliphatic carbocycles. The number of aliphatic hydroxyl groups is 1. The predicted molar refractivity (Wildman–Crippen MR) is 85.2 cm³/mol. The summed E-state index contributed by atoms with van der Waals surface area (Å²) in [4.78, 5) is 21.1. The van der Waals surface area contributed by atoms with Gasteiger partial charge in [0.25, 0.3) is 0 Å². The molecule has 22 heavy (non-hydrogen) atoms. The van der Waals surface area contributed by atoms with Gasteiger partial charge in [-0.3, -0.25) is 9.69 Å². The number of amides is 1. The molecule has 1 aliphatic heterocycles. The van der Waals surface area contributed by atoms with Gasteiger partial charge < -0.3 is 14.6 Å². The molecule has 1 N–H and O–H groups in total. The van der Waals surface area contributed by atoms with Crippen LogP contribution in [-0.4, -0.2) is 62.6 Å². The molecule has 2 atom stereocenters. The zero-order valence-electron chi connectivity index (χ0n) is 14.1. The molecule has 0 saturated carbocycles. The maximum atomic E-state index is 12.4. The fourth-order valence-corrected chi connectivity index (χ4v) is 2.91. The van der Waals surface area contributed by atoms with E-state index in [1.54, 1.807) is 6.20 Å². The van der Waals surface area contributed by atoms with Crippen molar-refractivity contribution < 1.29 is 9.90 Å². The Hall–Kier alpha value is -1.40. The maximum Gasteiger partial charge on any atom is 0.225 e. The van der Waals surface area contributed by atoms with Crippen molar-refractivity contribution in [3.8, 4) is 0 Å². The largest absolute Gasteiger partial charge is 0.392 e. The average Bonchev–Trinajstić information content (AvgIpc) is 2.92. The van der Waals surface area contributed by atoms with E-state index >= 15 is 0 Å². The van der Waals surface area contributed by atoms with Crippen LogP contribution in [0, 0.1) is 5.92 Å². The molecular formula is C16H28N4O2. The van der Waals surface area contributed by atoms with E-state index in [-0.39, 0.29) is 24.3 Å². The Kier molecular flexibility index (Phi) is 5.58. The zero-order valence-corrected chi connectivity index (χ0v) is 14.1. The quantitative estimate of drug-likeness (QED) is 0.882. The van der Waals surface area contributed by atoms with Crippen molar-refractivity contribution in [1.29, 1.82) is 0 Å². The summed E-state index contributed by atoms with van der Waals surface area (Å²) in [6.45, 7) is 9.15. The molecule has 1 amide bonds. The van der Waals surface area contributed by atoms with Crippen molar-refractivity contribution >= 4 is 5.91 Å². The van der Waals surface area contributed by atoms with Crippen molar-refractivity contribution in [2.75, 3.05) is 26.2 Å². The number of carbonyl (C=O) groups excluding carboxylic acids is 1. The Morgan fingerprint density at radius 3 is 2.73 bits per heavy atom. The van der Waals surface area contributed by atoms with Gasteiger partial charge >= 0.3 is 0 Å². The number of hydrogen-bond donors (Lipinski definition) is 1. The van der Waals surface area contributed by atoms with Crippen LogP contribution in [0.3, 0.4) is 0 Å². The lowest BCUT2D eigenvalue weighted by molar-refractivity contribution is -0.137. The lowest BCUT2D eigenvalue weighted by atomic mass is 10.0. The number of likely N-dealkylation sites (N-methyl/N-ethyl adjacent to an activating group) is 1. The molecule has 0 aromatic carbocycles. The Bertz CT molecular complexity index is 500. The second-order valence-corrected chi connectivity index (χ2v) is 6.40. The second kappa shape index (κ2) is 7.24. The molecule has 0 radical (unpaired) electrons. The molecule has 0 unspecified atom stereocenters. The van der Waals surface area contributed by atoms with Gasteiger partial charge in [-0.15, -0.1) is 0 Å². The van der Waals surface area contributed by atoms with Crippen LogP contribution in [0.1, 0.15) is 39.1 Å². The van der Waals surface area contributed by atoms with E-state index in [1.807, 2.05) is 36.6 Å². The van der Waals surface area contributed by atoms with E-state index in [9.17, 15) is 9.90 Å². The SMILES string of the molecule is CCN1CCN(C(=O)C[C@@H](O)C(C)C)C[C@@H]1c1nccn1C. The van der Waals surface area contributed by atoms with Crippen molar-refractivity contribution in [2.45, 2.75) is 39.3 Å². The van der Waals surface area contributed by atoms with Gasteiger partial charge in [-0.25, -0.2) is 4.98 Å². The first-order valence-corrected chi connectivity index (χ1v) is 8.11. The topological polar surface area (TPSA) is 61.6 Å². The van der Waals surface area contributed by atoms with Crippen LogP contribution in [0.5, 0.6) is 0 Å². The molecule has 2 rings (SSSR count). The summed E-state index contributed by atoms with van der Waals surface area (Å²) in [5, 5.41) is 9.95. The molecule has 1 aliphatic rings. The second-order valence-electron chi connectivity index (χ2n) is 6.40. The van der Waals surface area contributed by atoms with Gasteiger partial charge in [-0.1, -0.05) is 20.8 Å². The maximum absolute atomic E-state index is 12.4. The standard InChI is InChI=1S/C16H28N4O2/c1-5-19-8-9-20(15(22)10-14(21)12(2)3)11-13(19)16-17-6-7-18(16)4/h6-7,12-14,21H,5,8-11H2,1-4H3/t13-,14-/m1/s1. The summed E-state index contributed by atoms with van der Waals surface area (Å²) in [5.41, 5.74) is 0. The van der Waals surface area contributed by atoms with Crippen molar-refractivity contribution in [3.05, 3.63) is 18.2 Å². The Morgan fingerprint density at radius 2 is 2.18 bits per heavy atom. The number of aliphatic hydroxyl groups excluding tert-OH is 1. The number of rotatable bonds is 5. The van der Waals surface area contributed by atoms with E-state index in [0.29, 0.717) is 6.54 Å². The first-order chi connectivity index (χ1) is 10.4. The minimum absolute atomic E-state index is 0.0381. The summed E-state index contributed by atoms with van der Waals surface area (Å²) < 4.78 is 2.02.